The number of carboxylic acid groups (broad SMARTS) is 1. The van der Waals surface area contributed by atoms with Crippen molar-refractivity contribution in [1.29, 1.82) is 0 Å². The van der Waals surface area contributed by atoms with Crippen molar-refractivity contribution in [2.24, 2.45) is 5.92 Å². The number of hydrogen-bond acceptors (Lipinski definition) is 3. The summed E-state index contributed by atoms with van der Waals surface area (Å²) in [6, 6.07) is 5.97. The second kappa shape index (κ2) is 6.74. The van der Waals surface area contributed by atoms with Crippen LogP contribution in [0.25, 0.3) is 0 Å². The molecule has 2 rings (SSSR count). The van der Waals surface area contributed by atoms with Crippen LogP contribution < -0.4 is 0 Å². The fourth-order valence-corrected chi connectivity index (χ4v) is 2.97. The molecular weight excluding hydrogens is 281 g/mol. The van der Waals surface area contributed by atoms with Crippen molar-refractivity contribution in [2.75, 3.05) is 18.8 Å². The van der Waals surface area contributed by atoms with Gasteiger partial charge < -0.3 is 10.0 Å². The lowest BCUT2D eigenvalue weighted by atomic mass is 9.98. The quantitative estimate of drug-likeness (QED) is 0.866. The third-order valence-corrected chi connectivity index (χ3v) is 4.30. The predicted molar refractivity (Wildman–Crippen MR) is 74.1 cm³/mol. The number of aliphatic carboxylic acids is 1. The molecule has 0 unspecified atom stereocenters. The minimum Gasteiger partial charge on any atom is -0.481 e. The number of halogens is 1. The number of amides is 1. The second-order valence-electron chi connectivity index (χ2n) is 4.76. The highest BCUT2D eigenvalue weighted by atomic mass is 32.2. The number of hydrogen-bond donors (Lipinski definition) is 1. The number of piperidine rings is 1. The van der Waals surface area contributed by atoms with Crippen molar-refractivity contribution in [3.63, 3.8) is 0 Å². The standard InChI is InChI=1S/C14H16FNO3S/c15-11-3-5-12(6-4-11)20-9-13(17)16-7-1-2-10(8-16)14(18)19/h3-6,10H,1-2,7-9H2,(H,18,19)/t10-/m1/s1. The van der Waals surface area contributed by atoms with Crippen LogP contribution in [0.15, 0.2) is 29.2 Å². The van der Waals surface area contributed by atoms with Crippen LogP contribution in [-0.2, 0) is 9.59 Å². The number of carbonyl (C=O) groups is 2. The molecule has 1 amide bonds. The number of benzene rings is 1. The normalized spacial score (nSPS) is 18.9. The first kappa shape index (κ1) is 14.8. The zero-order valence-electron chi connectivity index (χ0n) is 10.9. The third kappa shape index (κ3) is 3.96. The third-order valence-electron chi connectivity index (χ3n) is 3.30. The van der Waals surface area contributed by atoms with E-state index in [1.54, 1.807) is 17.0 Å². The number of carboxylic acids is 1. The number of nitrogens with zero attached hydrogens (tertiary/aromatic N) is 1. The van der Waals surface area contributed by atoms with Gasteiger partial charge in [0.1, 0.15) is 5.82 Å². The van der Waals surface area contributed by atoms with E-state index in [9.17, 15) is 14.0 Å². The van der Waals surface area contributed by atoms with Crippen molar-refractivity contribution in [3.8, 4) is 0 Å². The Morgan fingerprint density at radius 1 is 1.35 bits per heavy atom. The Hall–Kier alpha value is -1.56. The van der Waals surface area contributed by atoms with Crippen LogP contribution in [0.3, 0.4) is 0 Å². The first-order chi connectivity index (χ1) is 9.56. The largest absolute Gasteiger partial charge is 0.481 e. The summed E-state index contributed by atoms with van der Waals surface area (Å²) in [5.74, 6) is -1.42. The van der Waals surface area contributed by atoms with Crippen LogP contribution in [0.5, 0.6) is 0 Å². The monoisotopic (exact) mass is 297 g/mol. The second-order valence-corrected chi connectivity index (χ2v) is 5.81. The van der Waals surface area contributed by atoms with Gasteiger partial charge in [0.05, 0.1) is 11.7 Å². The van der Waals surface area contributed by atoms with E-state index in [0.717, 1.165) is 11.3 Å². The molecule has 0 aromatic heterocycles. The Morgan fingerprint density at radius 2 is 2.05 bits per heavy atom. The summed E-state index contributed by atoms with van der Waals surface area (Å²) in [5.41, 5.74) is 0. The maximum Gasteiger partial charge on any atom is 0.308 e. The smallest absolute Gasteiger partial charge is 0.308 e. The van der Waals surface area contributed by atoms with Gasteiger partial charge in [0, 0.05) is 18.0 Å². The van der Waals surface area contributed by atoms with E-state index in [4.69, 9.17) is 5.11 Å². The van der Waals surface area contributed by atoms with Crippen molar-refractivity contribution in [1.82, 2.24) is 4.90 Å². The summed E-state index contributed by atoms with van der Waals surface area (Å²) < 4.78 is 12.8. The molecule has 1 aliphatic rings. The molecule has 1 heterocycles. The van der Waals surface area contributed by atoms with E-state index in [1.165, 1.54) is 23.9 Å². The van der Waals surface area contributed by atoms with Gasteiger partial charge in [-0.3, -0.25) is 9.59 Å². The van der Waals surface area contributed by atoms with Crippen molar-refractivity contribution in [3.05, 3.63) is 30.1 Å². The van der Waals surface area contributed by atoms with Gasteiger partial charge in [0.2, 0.25) is 5.91 Å². The van der Waals surface area contributed by atoms with E-state index in [-0.39, 0.29) is 24.0 Å². The van der Waals surface area contributed by atoms with Crippen LogP contribution in [-0.4, -0.2) is 40.7 Å². The van der Waals surface area contributed by atoms with Crippen molar-refractivity contribution in [2.45, 2.75) is 17.7 Å². The lowest BCUT2D eigenvalue weighted by Gasteiger charge is -2.30. The van der Waals surface area contributed by atoms with Crippen molar-refractivity contribution >= 4 is 23.6 Å². The molecular formula is C14H16FNO3S. The average Bonchev–Trinajstić information content (AvgIpc) is 2.46. The Balaban J connectivity index is 1.85. The molecule has 1 aliphatic heterocycles. The summed E-state index contributed by atoms with van der Waals surface area (Å²) in [6.07, 6.45) is 1.36. The average molecular weight is 297 g/mol. The van der Waals surface area contributed by atoms with Gasteiger partial charge in [-0.15, -0.1) is 11.8 Å². The van der Waals surface area contributed by atoms with Crippen LogP contribution in [0.1, 0.15) is 12.8 Å². The van der Waals surface area contributed by atoms with E-state index in [1.807, 2.05) is 0 Å². The zero-order valence-corrected chi connectivity index (χ0v) is 11.7. The molecule has 1 saturated heterocycles. The lowest BCUT2D eigenvalue weighted by Crippen LogP contribution is -2.43. The minimum absolute atomic E-state index is 0.0646. The molecule has 1 aromatic rings. The van der Waals surface area contributed by atoms with Crippen LogP contribution in [0.4, 0.5) is 4.39 Å². The van der Waals surface area contributed by atoms with Crippen molar-refractivity contribution < 1.29 is 19.1 Å². The Kier molecular flexibility index (Phi) is 5.00. The zero-order chi connectivity index (χ0) is 14.5. The lowest BCUT2D eigenvalue weighted by molar-refractivity contribution is -0.145. The molecule has 0 bridgehead atoms. The molecule has 4 nitrogen and oxygen atoms in total. The number of carbonyl (C=O) groups excluding carboxylic acids is 1. The number of rotatable bonds is 4. The predicted octanol–water partition coefficient (Wildman–Crippen LogP) is 2.24. The molecule has 0 spiro atoms. The van der Waals surface area contributed by atoms with E-state index in [2.05, 4.69) is 0 Å². The number of thioether (sulfide) groups is 1. The molecule has 1 N–H and O–H groups in total. The molecule has 108 valence electrons. The Labute approximate surface area is 121 Å². The van der Waals surface area contributed by atoms with E-state index >= 15 is 0 Å². The van der Waals surface area contributed by atoms with Gasteiger partial charge in [-0.05, 0) is 37.1 Å². The first-order valence-corrected chi connectivity index (χ1v) is 7.44. The summed E-state index contributed by atoms with van der Waals surface area (Å²) in [5, 5.41) is 8.99. The number of likely N-dealkylation sites (tertiary alicyclic amines) is 1. The van der Waals surface area contributed by atoms with E-state index < -0.39 is 11.9 Å². The van der Waals surface area contributed by atoms with Crippen LogP contribution in [0, 0.1) is 11.7 Å². The van der Waals surface area contributed by atoms with Gasteiger partial charge in [-0.25, -0.2) is 4.39 Å². The molecule has 6 heteroatoms. The first-order valence-electron chi connectivity index (χ1n) is 6.45. The van der Waals surface area contributed by atoms with Gasteiger partial charge in [-0.1, -0.05) is 0 Å². The summed E-state index contributed by atoms with van der Waals surface area (Å²) >= 11 is 1.34. The minimum atomic E-state index is -0.839. The van der Waals surface area contributed by atoms with Crippen LogP contribution >= 0.6 is 11.8 Å². The highest BCUT2D eigenvalue weighted by Crippen LogP contribution is 2.21. The molecule has 0 saturated carbocycles. The molecule has 0 aliphatic carbocycles. The maximum absolute atomic E-state index is 12.8. The topological polar surface area (TPSA) is 57.6 Å². The van der Waals surface area contributed by atoms with Gasteiger partial charge in [0.15, 0.2) is 0 Å². The molecule has 20 heavy (non-hydrogen) atoms. The molecule has 1 atom stereocenters. The SMILES string of the molecule is O=C(O)[C@@H]1CCCN(C(=O)CSc2ccc(F)cc2)C1. The fraction of sp³-hybridized carbons (Fsp3) is 0.429. The highest BCUT2D eigenvalue weighted by Gasteiger charge is 2.27. The van der Waals surface area contributed by atoms with Gasteiger partial charge in [-0.2, -0.15) is 0 Å². The summed E-state index contributed by atoms with van der Waals surface area (Å²) in [6.45, 7) is 0.907. The Morgan fingerprint density at radius 3 is 2.70 bits per heavy atom. The molecule has 1 aromatic carbocycles. The van der Waals surface area contributed by atoms with Crippen LogP contribution in [0.2, 0.25) is 0 Å². The van der Waals surface area contributed by atoms with E-state index in [0.29, 0.717) is 13.0 Å². The summed E-state index contributed by atoms with van der Waals surface area (Å²) in [7, 11) is 0. The highest BCUT2D eigenvalue weighted by molar-refractivity contribution is 8.00. The molecule has 0 radical (unpaired) electrons. The fourth-order valence-electron chi connectivity index (χ4n) is 2.17. The summed E-state index contributed by atoms with van der Waals surface area (Å²) in [4.78, 5) is 25.4. The molecule has 1 fully saturated rings. The Bertz CT molecular complexity index is 492. The maximum atomic E-state index is 12.8. The van der Waals surface area contributed by atoms with Gasteiger partial charge >= 0.3 is 5.97 Å². The van der Waals surface area contributed by atoms with Gasteiger partial charge in [0.25, 0.3) is 0 Å².